The molecule has 3 atom stereocenters. The van der Waals surface area contributed by atoms with Crippen molar-refractivity contribution >= 4 is 6.03 Å². The van der Waals surface area contributed by atoms with Crippen LogP contribution in [0.5, 0.6) is 0 Å². The maximum Gasteiger partial charge on any atom is 0.315 e. The van der Waals surface area contributed by atoms with Gasteiger partial charge < -0.3 is 25.2 Å². The van der Waals surface area contributed by atoms with Crippen molar-refractivity contribution in [2.45, 2.75) is 57.7 Å². The van der Waals surface area contributed by atoms with Crippen LogP contribution in [-0.2, 0) is 42.3 Å². The Bertz CT molecular complexity index is 2000. The third kappa shape index (κ3) is 10.3. The fourth-order valence-electron chi connectivity index (χ4n) is 6.91. The number of aliphatic hydroxyl groups is 1. The molecule has 1 aliphatic rings. The first-order chi connectivity index (χ1) is 26.6. The van der Waals surface area contributed by atoms with Crippen LogP contribution in [0.4, 0.5) is 4.79 Å². The summed E-state index contributed by atoms with van der Waals surface area (Å²) >= 11 is 0. The highest BCUT2D eigenvalue weighted by Crippen LogP contribution is 2.39. The first-order valence-corrected chi connectivity index (χ1v) is 18.6. The zero-order chi connectivity index (χ0) is 37.0. The lowest BCUT2D eigenvalue weighted by molar-refractivity contribution is -0.253. The van der Waals surface area contributed by atoms with E-state index in [1.165, 1.54) is 11.1 Å². The molecule has 7 nitrogen and oxygen atoms in total. The highest BCUT2D eigenvalue weighted by atomic mass is 16.7. The lowest BCUT2D eigenvalue weighted by atomic mass is 9.98. The summed E-state index contributed by atoms with van der Waals surface area (Å²) in [5.41, 5.74) is 9.60. The van der Waals surface area contributed by atoms with E-state index in [4.69, 9.17) is 9.47 Å². The molecule has 1 saturated heterocycles. The molecule has 1 fully saturated rings. The summed E-state index contributed by atoms with van der Waals surface area (Å²) in [5.74, 6) is 0. The monoisotopic (exact) mass is 717 g/mol. The van der Waals surface area contributed by atoms with Crippen molar-refractivity contribution in [2.24, 2.45) is 0 Å². The number of benzene rings is 6. The van der Waals surface area contributed by atoms with Gasteiger partial charge in [-0.15, -0.1) is 0 Å². The fourth-order valence-corrected chi connectivity index (χ4v) is 6.91. The molecule has 0 aliphatic carbocycles. The van der Waals surface area contributed by atoms with E-state index in [0.29, 0.717) is 19.5 Å². The Morgan fingerprint density at radius 1 is 0.574 bits per heavy atom. The highest BCUT2D eigenvalue weighted by molar-refractivity contribution is 5.74. The van der Waals surface area contributed by atoms with Crippen molar-refractivity contribution in [3.8, 4) is 11.1 Å². The smallest absolute Gasteiger partial charge is 0.315 e. The molecule has 1 heterocycles. The van der Waals surface area contributed by atoms with E-state index in [1.807, 2.05) is 54.6 Å². The Morgan fingerprint density at radius 3 is 1.74 bits per heavy atom. The molecular formula is C47H47N3O4. The number of nitrogens with one attached hydrogen (secondary N) is 2. The number of carbonyl (C=O) groups excluding carboxylic acids is 1. The second kappa shape index (κ2) is 18.5. The van der Waals surface area contributed by atoms with Crippen LogP contribution >= 0.6 is 0 Å². The minimum absolute atomic E-state index is 0.00392. The van der Waals surface area contributed by atoms with Crippen LogP contribution in [0.25, 0.3) is 11.1 Å². The summed E-state index contributed by atoms with van der Waals surface area (Å²) in [5, 5.41) is 15.6. The SMILES string of the molecule is O=C(NCc1ccccc1)NCc1cccc(-c2ccc([C@@H]3O[C@H](CN(Cc4ccccc4)Cc4ccccc4)C[C@H](c4ccc(CO)cc4)O3)cc2)c1. The molecule has 7 heteroatoms. The van der Waals surface area contributed by atoms with Gasteiger partial charge in [0.25, 0.3) is 0 Å². The summed E-state index contributed by atoms with van der Waals surface area (Å²) in [6.45, 7) is 3.24. The van der Waals surface area contributed by atoms with Gasteiger partial charge >= 0.3 is 6.03 Å². The van der Waals surface area contributed by atoms with E-state index < -0.39 is 6.29 Å². The molecule has 0 aromatic heterocycles. The summed E-state index contributed by atoms with van der Waals surface area (Å²) in [7, 11) is 0. The van der Waals surface area contributed by atoms with Crippen LogP contribution in [0, 0.1) is 0 Å². The Labute approximate surface area is 318 Å². The van der Waals surface area contributed by atoms with Crippen LogP contribution in [0.3, 0.4) is 0 Å². The van der Waals surface area contributed by atoms with Gasteiger partial charge in [-0.25, -0.2) is 4.79 Å². The first kappa shape index (κ1) is 36.8. The van der Waals surface area contributed by atoms with Gasteiger partial charge in [-0.3, -0.25) is 4.90 Å². The number of carbonyl (C=O) groups is 1. The van der Waals surface area contributed by atoms with Gasteiger partial charge in [0, 0.05) is 44.7 Å². The van der Waals surface area contributed by atoms with E-state index in [0.717, 1.165) is 58.6 Å². The van der Waals surface area contributed by atoms with E-state index in [2.05, 4.69) is 125 Å². The predicted octanol–water partition coefficient (Wildman–Crippen LogP) is 9.09. The van der Waals surface area contributed by atoms with Crippen molar-refractivity contribution in [3.63, 3.8) is 0 Å². The van der Waals surface area contributed by atoms with Crippen LogP contribution < -0.4 is 10.6 Å². The maximum absolute atomic E-state index is 12.5. The molecule has 1 aliphatic heterocycles. The van der Waals surface area contributed by atoms with E-state index >= 15 is 0 Å². The highest BCUT2D eigenvalue weighted by Gasteiger charge is 2.33. The molecule has 0 radical (unpaired) electrons. The third-order valence-electron chi connectivity index (χ3n) is 9.77. The number of hydrogen-bond donors (Lipinski definition) is 3. The summed E-state index contributed by atoms with van der Waals surface area (Å²) in [4.78, 5) is 14.9. The van der Waals surface area contributed by atoms with Gasteiger partial charge in [0.15, 0.2) is 6.29 Å². The molecule has 0 unspecified atom stereocenters. The number of amides is 2. The molecule has 3 N–H and O–H groups in total. The van der Waals surface area contributed by atoms with Gasteiger partial charge in [0.05, 0.1) is 18.8 Å². The lowest BCUT2D eigenvalue weighted by Crippen LogP contribution is -2.39. The fraction of sp³-hybridized carbons (Fsp3) is 0.213. The van der Waals surface area contributed by atoms with Crippen molar-refractivity contribution in [1.29, 1.82) is 0 Å². The molecule has 2 amide bonds. The molecule has 6 aromatic rings. The Kier molecular flexibility index (Phi) is 12.6. The van der Waals surface area contributed by atoms with Gasteiger partial charge in [-0.1, -0.05) is 158 Å². The topological polar surface area (TPSA) is 83.1 Å². The number of urea groups is 1. The van der Waals surface area contributed by atoms with Gasteiger partial charge in [-0.2, -0.15) is 0 Å². The molecular weight excluding hydrogens is 671 g/mol. The van der Waals surface area contributed by atoms with Gasteiger partial charge in [-0.05, 0) is 50.6 Å². The average Bonchev–Trinajstić information content (AvgIpc) is 3.23. The van der Waals surface area contributed by atoms with Crippen molar-refractivity contribution in [3.05, 3.63) is 203 Å². The molecule has 54 heavy (non-hydrogen) atoms. The van der Waals surface area contributed by atoms with Crippen LogP contribution in [-0.4, -0.2) is 28.7 Å². The number of ether oxygens (including phenoxy) is 2. The second-order valence-electron chi connectivity index (χ2n) is 13.8. The quantitative estimate of drug-likeness (QED) is 0.105. The summed E-state index contributed by atoms with van der Waals surface area (Å²) < 4.78 is 13.5. The van der Waals surface area contributed by atoms with Crippen LogP contribution in [0.1, 0.15) is 57.8 Å². The molecule has 0 saturated carbocycles. The first-order valence-electron chi connectivity index (χ1n) is 18.6. The van der Waals surface area contributed by atoms with E-state index in [1.54, 1.807) is 0 Å². The number of hydrogen-bond acceptors (Lipinski definition) is 5. The molecule has 6 aromatic carbocycles. The van der Waals surface area contributed by atoms with Crippen molar-refractivity contribution < 1.29 is 19.4 Å². The third-order valence-corrected chi connectivity index (χ3v) is 9.77. The predicted molar refractivity (Wildman–Crippen MR) is 213 cm³/mol. The summed E-state index contributed by atoms with van der Waals surface area (Å²) in [6.07, 6.45) is -0.114. The standard InChI is InChI=1S/C47H47N3O4/c51-34-38-19-21-41(22-20-38)45-28-44(33-50(31-36-13-6-2-7-14-36)32-37-15-8-3-9-16-37)53-46(54-45)42-25-23-40(24-26-42)43-18-10-17-39(27-43)30-49-47(52)48-29-35-11-4-1-5-12-35/h1-27,44-46,51H,28-34H2,(H2,48,49,52)/t44-,45+,46+/m0/s1. The van der Waals surface area contributed by atoms with Crippen molar-refractivity contribution in [1.82, 2.24) is 15.5 Å². The van der Waals surface area contributed by atoms with Crippen molar-refractivity contribution in [2.75, 3.05) is 6.54 Å². The maximum atomic E-state index is 12.5. The Balaban J connectivity index is 1.05. The lowest BCUT2D eigenvalue weighted by Gasteiger charge is -2.38. The minimum Gasteiger partial charge on any atom is -0.392 e. The van der Waals surface area contributed by atoms with E-state index in [9.17, 15) is 9.90 Å². The van der Waals surface area contributed by atoms with Crippen LogP contribution in [0.15, 0.2) is 164 Å². The number of aliphatic hydroxyl groups excluding tert-OH is 1. The zero-order valence-electron chi connectivity index (χ0n) is 30.4. The molecule has 0 bridgehead atoms. The largest absolute Gasteiger partial charge is 0.392 e. The molecule has 274 valence electrons. The second-order valence-corrected chi connectivity index (χ2v) is 13.8. The van der Waals surface area contributed by atoms with E-state index in [-0.39, 0.29) is 24.8 Å². The van der Waals surface area contributed by atoms with Crippen LogP contribution in [0.2, 0.25) is 0 Å². The molecule has 0 spiro atoms. The summed E-state index contributed by atoms with van der Waals surface area (Å²) in [6, 6.07) is 55.5. The average molecular weight is 718 g/mol. The molecule has 7 rings (SSSR count). The Hall–Kier alpha value is -5.57. The zero-order valence-corrected chi connectivity index (χ0v) is 30.4. The Morgan fingerprint density at radius 2 is 1.13 bits per heavy atom. The number of rotatable bonds is 14. The normalized spacial score (nSPS) is 16.9. The van der Waals surface area contributed by atoms with Gasteiger partial charge in [0.2, 0.25) is 0 Å². The minimum atomic E-state index is -0.555. The number of nitrogens with zero attached hydrogens (tertiary/aromatic N) is 1. The van der Waals surface area contributed by atoms with Gasteiger partial charge in [0.1, 0.15) is 0 Å².